The maximum absolute atomic E-state index is 13.3. The van der Waals surface area contributed by atoms with Crippen LogP contribution in [0.25, 0.3) is 27.7 Å². The van der Waals surface area contributed by atoms with Gasteiger partial charge in [-0.15, -0.1) is 0 Å². The number of pyridine rings is 1. The molecule has 0 amide bonds. The van der Waals surface area contributed by atoms with Crippen molar-refractivity contribution in [1.82, 2.24) is 19.2 Å². The largest absolute Gasteiger partial charge is 0.311 e. The molecule has 1 saturated carbocycles. The Morgan fingerprint density at radius 2 is 1.86 bits per heavy atom. The molecule has 0 spiro atoms. The molecule has 4 aromatic rings. The third-order valence-corrected chi connectivity index (χ3v) is 6.53. The van der Waals surface area contributed by atoms with Gasteiger partial charge in [-0.05, 0) is 29.9 Å². The van der Waals surface area contributed by atoms with Crippen LogP contribution < -0.4 is 5.56 Å². The average molecular weight is 372 g/mol. The second kappa shape index (κ2) is 6.59. The Kier molecular flexibility index (Phi) is 4.04. The van der Waals surface area contributed by atoms with Crippen molar-refractivity contribution in [2.24, 2.45) is 11.8 Å². The predicted molar refractivity (Wildman–Crippen MR) is 111 cm³/mol. The standard InChI is InChI=1S/C23H24N4O/c1-15-7-6-10-20(16(15)2)26-12-11-21-19(23(26)28)13-24-22-18(14-25-27(21)22)17-8-4-3-5-9-17/h3-5,8-9,11-16,20H,6-7,10H2,1-2H3/t15-,16+,20-/m1/s1. The molecule has 1 aliphatic carbocycles. The fourth-order valence-corrected chi connectivity index (χ4v) is 4.66. The van der Waals surface area contributed by atoms with E-state index in [9.17, 15) is 4.79 Å². The Bertz CT molecular complexity index is 1210. The summed E-state index contributed by atoms with van der Waals surface area (Å²) in [4.78, 5) is 17.9. The molecule has 5 heteroatoms. The maximum atomic E-state index is 13.3. The van der Waals surface area contributed by atoms with Crippen LogP contribution in [0.5, 0.6) is 0 Å². The molecule has 5 rings (SSSR count). The lowest BCUT2D eigenvalue weighted by atomic mass is 9.78. The zero-order valence-corrected chi connectivity index (χ0v) is 16.2. The van der Waals surface area contributed by atoms with Gasteiger partial charge in [-0.2, -0.15) is 5.10 Å². The number of aromatic nitrogens is 4. The molecule has 142 valence electrons. The highest BCUT2D eigenvalue weighted by Gasteiger charge is 2.29. The van der Waals surface area contributed by atoms with E-state index >= 15 is 0 Å². The van der Waals surface area contributed by atoms with Gasteiger partial charge in [0.25, 0.3) is 5.56 Å². The molecule has 1 fully saturated rings. The van der Waals surface area contributed by atoms with Gasteiger partial charge in [0.1, 0.15) is 0 Å². The molecule has 0 aliphatic heterocycles. The van der Waals surface area contributed by atoms with Crippen LogP contribution in [0.3, 0.4) is 0 Å². The Morgan fingerprint density at radius 1 is 1.04 bits per heavy atom. The van der Waals surface area contributed by atoms with E-state index in [1.54, 1.807) is 10.7 Å². The number of rotatable bonds is 2. The fraction of sp³-hybridized carbons (Fsp3) is 0.348. The van der Waals surface area contributed by atoms with E-state index in [1.807, 2.05) is 53.4 Å². The molecule has 0 saturated heterocycles. The van der Waals surface area contributed by atoms with Gasteiger partial charge in [-0.1, -0.05) is 57.0 Å². The normalized spacial score (nSPS) is 22.7. The highest BCUT2D eigenvalue weighted by Crippen LogP contribution is 2.37. The van der Waals surface area contributed by atoms with Crippen molar-refractivity contribution >= 4 is 16.6 Å². The second-order valence-electron chi connectivity index (χ2n) is 8.08. The lowest BCUT2D eigenvalue weighted by molar-refractivity contribution is 0.183. The van der Waals surface area contributed by atoms with E-state index in [1.165, 1.54) is 12.8 Å². The highest BCUT2D eigenvalue weighted by atomic mass is 16.1. The van der Waals surface area contributed by atoms with E-state index in [2.05, 4.69) is 23.9 Å². The Labute approximate surface area is 163 Å². The number of hydrogen-bond acceptors (Lipinski definition) is 3. The summed E-state index contributed by atoms with van der Waals surface area (Å²) < 4.78 is 3.72. The Hall–Kier alpha value is -2.95. The monoisotopic (exact) mass is 372 g/mol. The summed E-state index contributed by atoms with van der Waals surface area (Å²) in [5, 5.41) is 5.17. The first kappa shape index (κ1) is 17.2. The molecule has 1 aromatic carbocycles. The summed E-state index contributed by atoms with van der Waals surface area (Å²) in [5.41, 5.74) is 3.67. The first-order chi connectivity index (χ1) is 13.6. The topological polar surface area (TPSA) is 52.2 Å². The van der Waals surface area contributed by atoms with Gasteiger partial charge in [0.2, 0.25) is 0 Å². The quantitative estimate of drug-likeness (QED) is 0.512. The predicted octanol–water partition coefficient (Wildman–Crippen LogP) is 4.71. The van der Waals surface area contributed by atoms with Gasteiger partial charge in [0.15, 0.2) is 5.65 Å². The van der Waals surface area contributed by atoms with Crippen LogP contribution in [0.15, 0.2) is 59.8 Å². The molecular formula is C23H24N4O. The van der Waals surface area contributed by atoms with Crippen molar-refractivity contribution in [1.29, 1.82) is 0 Å². The second-order valence-corrected chi connectivity index (χ2v) is 8.08. The van der Waals surface area contributed by atoms with Crippen LogP contribution >= 0.6 is 0 Å². The molecule has 3 heterocycles. The summed E-state index contributed by atoms with van der Waals surface area (Å²) >= 11 is 0. The maximum Gasteiger partial charge on any atom is 0.261 e. The molecule has 5 nitrogen and oxygen atoms in total. The van der Waals surface area contributed by atoms with E-state index in [0.717, 1.165) is 28.7 Å². The van der Waals surface area contributed by atoms with E-state index in [4.69, 9.17) is 0 Å². The van der Waals surface area contributed by atoms with E-state index in [-0.39, 0.29) is 11.6 Å². The highest BCUT2D eigenvalue weighted by molar-refractivity contribution is 5.84. The Morgan fingerprint density at radius 3 is 2.68 bits per heavy atom. The van der Waals surface area contributed by atoms with Crippen molar-refractivity contribution < 1.29 is 0 Å². The van der Waals surface area contributed by atoms with Gasteiger partial charge in [0, 0.05) is 24.0 Å². The van der Waals surface area contributed by atoms with Crippen LogP contribution in [0.1, 0.15) is 39.2 Å². The molecule has 0 unspecified atom stereocenters. The third kappa shape index (κ3) is 2.57. The number of hydrogen-bond donors (Lipinski definition) is 0. The molecule has 3 aromatic heterocycles. The Balaban J connectivity index is 1.67. The summed E-state index contributed by atoms with van der Waals surface area (Å²) in [6.45, 7) is 4.56. The zero-order chi connectivity index (χ0) is 19.3. The molecule has 0 radical (unpaired) electrons. The van der Waals surface area contributed by atoms with Crippen molar-refractivity contribution in [2.75, 3.05) is 0 Å². The molecule has 1 aliphatic rings. The number of benzene rings is 1. The first-order valence-corrected chi connectivity index (χ1v) is 10.1. The molecule has 28 heavy (non-hydrogen) atoms. The van der Waals surface area contributed by atoms with Gasteiger partial charge in [0.05, 0.1) is 17.1 Å². The molecule has 0 bridgehead atoms. The minimum absolute atomic E-state index is 0.0367. The summed E-state index contributed by atoms with van der Waals surface area (Å²) in [6, 6.07) is 12.4. The lowest BCUT2D eigenvalue weighted by Gasteiger charge is -2.35. The van der Waals surface area contributed by atoms with Gasteiger partial charge in [-0.25, -0.2) is 9.50 Å². The third-order valence-electron chi connectivity index (χ3n) is 6.53. The fourth-order valence-electron chi connectivity index (χ4n) is 4.66. The summed E-state index contributed by atoms with van der Waals surface area (Å²) in [6.07, 6.45) is 8.98. The number of nitrogens with zero attached hydrogens (tertiary/aromatic N) is 4. The van der Waals surface area contributed by atoms with Gasteiger partial charge in [-0.3, -0.25) is 4.79 Å². The molecule has 0 N–H and O–H groups in total. The zero-order valence-electron chi connectivity index (χ0n) is 16.2. The SMILES string of the molecule is C[C@H]1[C@H](C)CCC[C@H]1n1ccc2c(cnc3c(-c4ccccc4)cnn32)c1=O. The van der Waals surface area contributed by atoms with Gasteiger partial charge < -0.3 is 4.57 Å². The average Bonchev–Trinajstić information content (AvgIpc) is 3.16. The van der Waals surface area contributed by atoms with Crippen molar-refractivity contribution in [3.8, 4) is 11.1 Å². The minimum atomic E-state index is 0.0367. The van der Waals surface area contributed by atoms with Crippen LogP contribution in [-0.4, -0.2) is 19.2 Å². The minimum Gasteiger partial charge on any atom is -0.311 e. The van der Waals surface area contributed by atoms with E-state index in [0.29, 0.717) is 17.2 Å². The van der Waals surface area contributed by atoms with Crippen LogP contribution in [0.4, 0.5) is 0 Å². The van der Waals surface area contributed by atoms with Crippen molar-refractivity contribution in [3.05, 3.63) is 65.3 Å². The van der Waals surface area contributed by atoms with Gasteiger partial charge >= 0.3 is 0 Å². The van der Waals surface area contributed by atoms with Crippen LogP contribution in [-0.2, 0) is 0 Å². The number of fused-ring (bicyclic) bond motifs is 3. The summed E-state index contributed by atoms with van der Waals surface area (Å²) in [7, 11) is 0. The first-order valence-electron chi connectivity index (χ1n) is 10.1. The van der Waals surface area contributed by atoms with Crippen molar-refractivity contribution in [2.45, 2.75) is 39.2 Å². The van der Waals surface area contributed by atoms with Crippen LogP contribution in [0, 0.1) is 11.8 Å². The van der Waals surface area contributed by atoms with Crippen molar-refractivity contribution in [3.63, 3.8) is 0 Å². The summed E-state index contributed by atoms with van der Waals surface area (Å²) in [5.74, 6) is 1.14. The van der Waals surface area contributed by atoms with E-state index < -0.39 is 0 Å². The molecule has 3 atom stereocenters. The molecular weight excluding hydrogens is 348 g/mol. The lowest BCUT2D eigenvalue weighted by Crippen LogP contribution is -2.33. The smallest absolute Gasteiger partial charge is 0.261 e. The van der Waals surface area contributed by atoms with Crippen LogP contribution in [0.2, 0.25) is 0 Å².